The van der Waals surface area contributed by atoms with Crippen molar-refractivity contribution in [2.45, 2.75) is 56.5 Å². The van der Waals surface area contributed by atoms with E-state index in [1.165, 1.54) is 19.3 Å². The summed E-state index contributed by atoms with van der Waals surface area (Å²) in [6.07, 6.45) is 10.7. The number of nitrogens with zero attached hydrogens (tertiary/aromatic N) is 5. The van der Waals surface area contributed by atoms with Crippen LogP contribution in [0, 0.1) is 23.2 Å². The largest absolute Gasteiger partial charge is 0.395 e. The van der Waals surface area contributed by atoms with Crippen LogP contribution >= 0.6 is 0 Å². The van der Waals surface area contributed by atoms with Crippen LogP contribution in [0.4, 0.5) is 0 Å². The molecular formula is C17H22N6O2. The van der Waals surface area contributed by atoms with Crippen LogP contribution in [0.2, 0.25) is 0 Å². The number of hydrogen-bond acceptors (Lipinski definition) is 6. The topological polar surface area (TPSA) is 105 Å². The molecule has 2 atom stereocenters. The highest BCUT2D eigenvalue weighted by atomic mass is 16.6. The smallest absolute Gasteiger partial charge is 0.232 e. The summed E-state index contributed by atoms with van der Waals surface area (Å²) in [5.74, 6) is -0.0952. The summed E-state index contributed by atoms with van der Waals surface area (Å²) in [7, 11) is 0. The standard InChI is InChI=1S/C17H22N6O2/c18-11-17(6-7-17)23-9-14(21-22-23)15(12-4-2-1-3-5-12)20-16(24)13-8-19-25-10-13/h8-9,12-13,15H,1-7,10H2,(H,20,24)/t13?,15-/m0/s1. The maximum Gasteiger partial charge on any atom is 0.232 e. The van der Waals surface area contributed by atoms with Crippen LogP contribution in [-0.2, 0) is 15.2 Å². The molecule has 1 N–H and O–H groups in total. The van der Waals surface area contributed by atoms with Crippen molar-refractivity contribution in [2.75, 3.05) is 6.61 Å². The number of aromatic nitrogens is 3. The molecule has 1 aliphatic heterocycles. The monoisotopic (exact) mass is 342 g/mol. The summed E-state index contributed by atoms with van der Waals surface area (Å²) >= 11 is 0. The molecular weight excluding hydrogens is 320 g/mol. The summed E-state index contributed by atoms with van der Waals surface area (Å²) in [4.78, 5) is 17.5. The first-order valence-electron chi connectivity index (χ1n) is 9.02. The second kappa shape index (κ2) is 6.47. The minimum Gasteiger partial charge on any atom is -0.395 e. The van der Waals surface area contributed by atoms with Crippen molar-refractivity contribution in [1.29, 1.82) is 5.26 Å². The summed E-state index contributed by atoms with van der Waals surface area (Å²) < 4.78 is 1.67. The van der Waals surface area contributed by atoms with Gasteiger partial charge in [0.05, 0.1) is 24.5 Å². The summed E-state index contributed by atoms with van der Waals surface area (Å²) in [5, 5.41) is 24.7. The number of amides is 1. The van der Waals surface area contributed by atoms with Crippen LogP contribution < -0.4 is 5.32 Å². The lowest BCUT2D eigenvalue weighted by atomic mass is 9.82. The van der Waals surface area contributed by atoms with Crippen molar-refractivity contribution in [3.05, 3.63) is 11.9 Å². The van der Waals surface area contributed by atoms with Gasteiger partial charge in [-0.25, -0.2) is 4.68 Å². The summed E-state index contributed by atoms with van der Waals surface area (Å²) in [6.45, 7) is 0.285. The van der Waals surface area contributed by atoms with Gasteiger partial charge < -0.3 is 10.2 Å². The third-order valence-electron chi connectivity index (χ3n) is 5.53. The number of hydrogen-bond donors (Lipinski definition) is 1. The van der Waals surface area contributed by atoms with Crippen LogP contribution in [-0.4, -0.2) is 33.7 Å². The highest BCUT2D eigenvalue weighted by molar-refractivity contribution is 5.94. The molecule has 0 bridgehead atoms. The first-order valence-corrected chi connectivity index (χ1v) is 9.02. The summed E-state index contributed by atoms with van der Waals surface area (Å²) in [6, 6.07) is 2.15. The molecule has 2 fully saturated rings. The van der Waals surface area contributed by atoms with Gasteiger partial charge in [0.1, 0.15) is 18.2 Å². The Morgan fingerprint density at radius 3 is 2.84 bits per heavy atom. The molecule has 1 aromatic rings. The van der Waals surface area contributed by atoms with E-state index in [1.807, 2.05) is 6.20 Å². The van der Waals surface area contributed by atoms with Gasteiger partial charge in [0.15, 0.2) is 5.54 Å². The van der Waals surface area contributed by atoms with Crippen molar-refractivity contribution in [3.8, 4) is 6.07 Å². The Labute approximate surface area is 146 Å². The molecule has 0 saturated heterocycles. The predicted octanol–water partition coefficient (Wildman–Crippen LogP) is 1.66. The van der Waals surface area contributed by atoms with E-state index in [9.17, 15) is 10.1 Å². The van der Waals surface area contributed by atoms with E-state index >= 15 is 0 Å². The van der Waals surface area contributed by atoms with Gasteiger partial charge >= 0.3 is 0 Å². The lowest BCUT2D eigenvalue weighted by Crippen LogP contribution is -2.39. The molecule has 8 heteroatoms. The zero-order chi connectivity index (χ0) is 17.3. The molecule has 132 valence electrons. The SMILES string of the molecule is N#CC1(n2cc([C@@H](NC(=O)C3C=NOC3)C3CCCCC3)nn2)CC1. The molecule has 0 radical (unpaired) electrons. The van der Waals surface area contributed by atoms with Gasteiger partial charge in [-0.2, -0.15) is 5.26 Å². The second-order valence-corrected chi connectivity index (χ2v) is 7.27. The number of oxime groups is 1. The lowest BCUT2D eigenvalue weighted by molar-refractivity contribution is -0.125. The zero-order valence-corrected chi connectivity index (χ0v) is 14.1. The Hall–Kier alpha value is -2.43. The highest BCUT2D eigenvalue weighted by Crippen LogP contribution is 2.42. The molecule has 0 aromatic carbocycles. The minimum absolute atomic E-state index is 0.0900. The van der Waals surface area contributed by atoms with E-state index in [0.29, 0.717) is 5.92 Å². The van der Waals surface area contributed by atoms with Crippen molar-refractivity contribution in [2.24, 2.45) is 17.0 Å². The number of carbonyl (C=O) groups excluding carboxylic acids is 1. The fourth-order valence-corrected chi connectivity index (χ4v) is 3.73. The van der Waals surface area contributed by atoms with E-state index in [1.54, 1.807) is 10.9 Å². The molecule has 4 rings (SSSR count). The second-order valence-electron chi connectivity index (χ2n) is 7.27. The Kier molecular flexibility index (Phi) is 4.15. The zero-order valence-electron chi connectivity index (χ0n) is 14.1. The summed E-state index contributed by atoms with van der Waals surface area (Å²) in [5.41, 5.74) is 0.218. The average molecular weight is 342 g/mol. The first-order chi connectivity index (χ1) is 12.2. The maximum atomic E-state index is 12.6. The number of carbonyl (C=O) groups is 1. The molecule has 2 heterocycles. The molecule has 2 saturated carbocycles. The van der Waals surface area contributed by atoms with Crippen molar-refractivity contribution >= 4 is 12.1 Å². The van der Waals surface area contributed by atoms with Gasteiger partial charge in [0.25, 0.3) is 0 Å². The third kappa shape index (κ3) is 3.11. The maximum absolute atomic E-state index is 12.6. The van der Waals surface area contributed by atoms with Gasteiger partial charge in [-0.3, -0.25) is 4.79 Å². The van der Waals surface area contributed by atoms with Crippen LogP contribution in [0.3, 0.4) is 0 Å². The Morgan fingerprint density at radius 2 is 2.20 bits per heavy atom. The molecule has 0 spiro atoms. The molecule has 2 aliphatic carbocycles. The van der Waals surface area contributed by atoms with Gasteiger partial charge in [-0.15, -0.1) is 5.10 Å². The van der Waals surface area contributed by atoms with Gasteiger partial charge in [-0.05, 0) is 31.6 Å². The van der Waals surface area contributed by atoms with Crippen LogP contribution in [0.15, 0.2) is 11.4 Å². The van der Waals surface area contributed by atoms with E-state index in [-0.39, 0.29) is 24.5 Å². The van der Waals surface area contributed by atoms with Gasteiger partial charge in [0.2, 0.25) is 5.91 Å². The van der Waals surface area contributed by atoms with Crippen molar-refractivity contribution in [1.82, 2.24) is 20.3 Å². The molecule has 1 amide bonds. The molecule has 3 aliphatic rings. The highest BCUT2D eigenvalue weighted by Gasteiger charge is 2.47. The van der Waals surface area contributed by atoms with Gasteiger partial charge in [0, 0.05) is 0 Å². The van der Waals surface area contributed by atoms with E-state index in [4.69, 9.17) is 4.84 Å². The third-order valence-corrected chi connectivity index (χ3v) is 5.53. The average Bonchev–Trinajstić information content (AvgIpc) is 3.05. The number of nitriles is 1. The van der Waals surface area contributed by atoms with Crippen LogP contribution in [0.1, 0.15) is 56.7 Å². The minimum atomic E-state index is -0.529. The number of nitrogens with one attached hydrogen (secondary N) is 1. The Morgan fingerprint density at radius 1 is 1.40 bits per heavy atom. The Balaban J connectivity index is 1.55. The molecule has 1 unspecified atom stereocenters. The van der Waals surface area contributed by atoms with Crippen molar-refractivity contribution < 1.29 is 9.63 Å². The fraction of sp³-hybridized carbons (Fsp3) is 0.706. The molecule has 1 aromatic heterocycles. The van der Waals surface area contributed by atoms with E-state index in [2.05, 4.69) is 26.9 Å². The van der Waals surface area contributed by atoms with E-state index < -0.39 is 5.54 Å². The quantitative estimate of drug-likeness (QED) is 0.876. The first kappa shape index (κ1) is 16.1. The van der Waals surface area contributed by atoms with Crippen LogP contribution in [0.25, 0.3) is 0 Å². The Bertz CT molecular complexity index is 711. The van der Waals surface area contributed by atoms with Crippen LogP contribution in [0.5, 0.6) is 0 Å². The fourth-order valence-electron chi connectivity index (χ4n) is 3.73. The lowest BCUT2D eigenvalue weighted by Gasteiger charge is -2.30. The van der Waals surface area contributed by atoms with Gasteiger partial charge in [-0.1, -0.05) is 29.6 Å². The number of rotatable bonds is 5. The van der Waals surface area contributed by atoms with Crippen molar-refractivity contribution in [3.63, 3.8) is 0 Å². The van der Waals surface area contributed by atoms with E-state index in [0.717, 1.165) is 31.4 Å². The normalized spacial score (nSPS) is 25.8. The molecule has 25 heavy (non-hydrogen) atoms. The molecule has 8 nitrogen and oxygen atoms in total. The predicted molar refractivity (Wildman–Crippen MR) is 88.2 cm³/mol.